The van der Waals surface area contributed by atoms with Crippen molar-refractivity contribution in [1.29, 1.82) is 0 Å². The Bertz CT molecular complexity index is 574. The van der Waals surface area contributed by atoms with Crippen molar-refractivity contribution in [2.24, 2.45) is 11.8 Å². The van der Waals surface area contributed by atoms with Crippen LogP contribution in [-0.4, -0.2) is 49.3 Å². The van der Waals surface area contributed by atoms with Gasteiger partial charge in [0.15, 0.2) is 0 Å². The van der Waals surface area contributed by atoms with Crippen LogP contribution in [0.2, 0.25) is 0 Å². The van der Waals surface area contributed by atoms with Gasteiger partial charge in [-0.2, -0.15) is 0 Å². The third kappa shape index (κ3) is 3.02. The van der Waals surface area contributed by atoms with Crippen molar-refractivity contribution >= 4 is 5.91 Å². The maximum atomic E-state index is 12.9. The fourth-order valence-corrected chi connectivity index (χ4v) is 4.20. The molecule has 2 aliphatic rings. The minimum atomic E-state index is -0.145. The van der Waals surface area contributed by atoms with E-state index in [9.17, 15) is 9.90 Å². The van der Waals surface area contributed by atoms with Crippen LogP contribution in [0.4, 0.5) is 0 Å². The topological polar surface area (TPSA) is 59.0 Å². The van der Waals surface area contributed by atoms with Gasteiger partial charge in [0.05, 0.1) is 25.9 Å². The van der Waals surface area contributed by atoms with Crippen LogP contribution in [-0.2, 0) is 0 Å². The Labute approximate surface area is 137 Å². The van der Waals surface area contributed by atoms with Gasteiger partial charge in [0, 0.05) is 19.2 Å². The highest BCUT2D eigenvalue weighted by Crippen LogP contribution is 2.45. The monoisotopic (exact) mass is 319 g/mol. The molecule has 0 aromatic heterocycles. The zero-order chi connectivity index (χ0) is 16.6. The molecule has 23 heavy (non-hydrogen) atoms. The summed E-state index contributed by atoms with van der Waals surface area (Å²) in [5.74, 6) is 2.31. The van der Waals surface area contributed by atoms with Crippen molar-refractivity contribution in [3.63, 3.8) is 0 Å². The lowest BCUT2D eigenvalue weighted by Gasteiger charge is -2.26. The van der Waals surface area contributed by atoms with Gasteiger partial charge in [-0.3, -0.25) is 4.79 Å². The number of ether oxygens (including phenoxy) is 2. The minimum Gasteiger partial charge on any atom is -0.497 e. The molecule has 3 rings (SSSR count). The van der Waals surface area contributed by atoms with Crippen molar-refractivity contribution < 1.29 is 19.4 Å². The van der Waals surface area contributed by atoms with Crippen molar-refractivity contribution in [2.45, 2.75) is 37.8 Å². The lowest BCUT2D eigenvalue weighted by Crippen LogP contribution is -2.36. The zero-order valence-electron chi connectivity index (χ0n) is 14.0. The first-order chi connectivity index (χ1) is 11.0. The number of amides is 1. The average Bonchev–Trinajstić information content (AvgIpc) is 3.10. The molecule has 2 fully saturated rings. The quantitative estimate of drug-likeness (QED) is 0.925. The molecule has 0 radical (unpaired) electrons. The maximum absolute atomic E-state index is 12.9. The molecular formula is C18H25NO4. The summed E-state index contributed by atoms with van der Waals surface area (Å²) in [6, 6.07) is 5.53. The smallest absolute Gasteiger partial charge is 0.257 e. The molecule has 2 aliphatic carbocycles. The summed E-state index contributed by atoms with van der Waals surface area (Å²) in [5, 5.41) is 9.76. The molecule has 1 aromatic carbocycles. The number of hydrogen-bond donors (Lipinski definition) is 1. The number of benzene rings is 1. The van der Waals surface area contributed by atoms with Crippen molar-refractivity contribution in [1.82, 2.24) is 4.90 Å². The molecule has 0 heterocycles. The van der Waals surface area contributed by atoms with Crippen LogP contribution >= 0.6 is 0 Å². The van der Waals surface area contributed by atoms with E-state index in [2.05, 4.69) is 0 Å². The van der Waals surface area contributed by atoms with E-state index >= 15 is 0 Å². The van der Waals surface area contributed by atoms with Gasteiger partial charge in [-0.05, 0) is 49.7 Å². The number of carbonyl (C=O) groups excluding carboxylic acids is 1. The molecule has 0 aliphatic heterocycles. The molecule has 4 atom stereocenters. The third-order valence-electron chi connectivity index (χ3n) is 5.47. The van der Waals surface area contributed by atoms with Crippen LogP contribution in [0.5, 0.6) is 11.5 Å². The summed E-state index contributed by atoms with van der Waals surface area (Å²) in [6.45, 7) is 0. The Morgan fingerprint density at radius 2 is 1.78 bits per heavy atom. The first-order valence-corrected chi connectivity index (χ1v) is 8.20. The second-order valence-corrected chi connectivity index (χ2v) is 6.75. The molecule has 0 saturated heterocycles. The molecule has 0 spiro atoms. The van der Waals surface area contributed by atoms with Crippen LogP contribution in [0.1, 0.15) is 36.0 Å². The fraction of sp³-hybridized carbons (Fsp3) is 0.611. The van der Waals surface area contributed by atoms with E-state index in [1.165, 1.54) is 0 Å². The average molecular weight is 319 g/mol. The molecular weight excluding hydrogens is 294 g/mol. The molecule has 1 amide bonds. The van der Waals surface area contributed by atoms with E-state index in [0.29, 0.717) is 28.9 Å². The summed E-state index contributed by atoms with van der Waals surface area (Å²) in [4.78, 5) is 14.7. The first-order valence-electron chi connectivity index (χ1n) is 8.20. The second kappa shape index (κ2) is 6.40. The summed E-state index contributed by atoms with van der Waals surface area (Å²) in [5.41, 5.74) is 0.563. The van der Waals surface area contributed by atoms with Crippen LogP contribution in [0.25, 0.3) is 0 Å². The summed E-state index contributed by atoms with van der Waals surface area (Å²) < 4.78 is 10.5. The molecule has 126 valence electrons. The Balaban J connectivity index is 1.73. The number of aliphatic hydroxyl groups is 1. The third-order valence-corrected chi connectivity index (χ3v) is 5.47. The number of methoxy groups -OCH3 is 2. The van der Waals surface area contributed by atoms with Gasteiger partial charge in [-0.15, -0.1) is 0 Å². The van der Waals surface area contributed by atoms with Gasteiger partial charge in [-0.25, -0.2) is 0 Å². The summed E-state index contributed by atoms with van der Waals surface area (Å²) in [7, 11) is 5.02. The van der Waals surface area contributed by atoms with Crippen LogP contribution < -0.4 is 9.47 Å². The lowest BCUT2D eigenvalue weighted by molar-refractivity contribution is 0.0719. The SMILES string of the molecule is COc1ccc(C(=O)N(C)C2C[C@H]3CC(O)C[C@H]3C2)c(OC)c1. The van der Waals surface area contributed by atoms with Crippen molar-refractivity contribution in [3.05, 3.63) is 23.8 Å². The Hall–Kier alpha value is -1.75. The number of rotatable bonds is 4. The molecule has 1 aromatic rings. The minimum absolute atomic E-state index is 0.0185. The number of hydrogen-bond acceptors (Lipinski definition) is 4. The van der Waals surface area contributed by atoms with E-state index in [-0.39, 0.29) is 18.1 Å². The second-order valence-electron chi connectivity index (χ2n) is 6.75. The van der Waals surface area contributed by atoms with Crippen LogP contribution in [0.3, 0.4) is 0 Å². The van der Waals surface area contributed by atoms with E-state index in [1.54, 1.807) is 32.4 Å². The highest BCUT2D eigenvalue weighted by atomic mass is 16.5. The first kappa shape index (κ1) is 16.1. The van der Waals surface area contributed by atoms with Gasteiger partial charge < -0.3 is 19.5 Å². The van der Waals surface area contributed by atoms with Gasteiger partial charge in [0.2, 0.25) is 0 Å². The molecule has 5 heteroatoms. The largest absolute Gasteiger partial charge is 0.497 e. The van der Waals surface area contributed by atoms with Crippen LogP contribution in [0, 0.1) is 11.8 Å². The summed E-state index contributed by atoms with van der Waals surface area (Å²) in [6.07, 6.45) is 3.60. The maximum Gasteiger partial charge on any atom is 0.257 e. The standard InChI is InChI=1S/C18H25NO4/c1-19(13-6-11-8-14(20)9-12(11)7-13)18(21)16-5-4-15(22-2)10-17(16)23-3/h4-5,10-14,20H,6-9H2,1-3H3/t11-,12+,13?,14?. The number of carbonyl (C=O) groups is 1. The molecule has 1 N–H and O–H groups in total. The number of aliphatic hydroxyl groups excluding tert-OH is 1. The highest BCUT2D eigenvalue weighted by molar-refractivity contribution is 5.97. The van der Waals surface area contributed by atoms with Crippen LogP contribution in [0.15, 0.2) is 18.2 Å². The predicted octanol–water partition coefficient (Wildman–Crippen LogP) is 2.33. The molecule has 2 unspecified atom stereocenters. The number of fused-ring (bicyclic) bond motifs is 1. The Kier molecular flexibility index (Phi) is 4.48. The summed E-state index contributed by atoms with van der Waals surface area (Å²) >= 11 is 0. The normalized spacial score (nSPS) is 29.2. The van der Waals surface area contributed by atoms with Crippen molar-refractivity contribution in [3.8, 4) is 11.5 Å². The van der Waals surface area contributed by atoms with Gasteiger partial charge in [-0.1, -0.05) is 0 Å². The molecule has 0 bridgehead atoms. The van der Waals surface area contributed by atoms with Crippen molar-refractivity contribution in [2.75, 3.05) is 21.3 Å². The van der Waals surface area contributed by atoms with Gasteiger partial charge in [0.25, 0.3) is 5.91 Å². The van der Waals surface area contributed by atoms with E-state index in [4.69, 9.17) is 9.47 Å². The van der Waals surface area contributed by atoms with E-state index in [1.807, 2.05) is 11.9 Å². The zero-order valence-corrected chi connectivity index (χ0v) is 14.0. The molecule has 5 nitrogen and oxygen atoms in total. The Morgan fingerprint density at radius 3 is 2.35 bits per heavy atom. The predicted molar refractivity (Wildman–Crippen MR) is 86.9 cm³/mol. The molecule has 2 saturated carbocycles. The lowest BCUT2D eigenvalue weighted by atomic mass is 10.0. The van der Waals surface area contributed by atoms with E-state index < -0.39 is 0 Å². The van der Waals surface area contributed by atoms with Gasteiger partial charge in [0.1, 0.15) is 11.5 Å². The highest BCUT2D eigenvalue weighted by Gasteiger charge is 2.43. The number of nitrogens with zero attached hydrogens (tertiary/aromatic N) is 1. The van der Waals surface area contributed by atoms with Gasteiger partial charge >= 0.3 is 0 Å². The fourth-order valence-electron chi connectivity index (χ4n) is 4.20. The Morgan fingerprint density at radius 1 is 1.13 bits per heavy atom. The van der Waals surface area contributed by atoms with E-state index in [0.717, 1.165) is 25.7 Å².